The third-order valence-electron chi connectivity index (χ3n) is 9.25. The van der Waals surface area contributed by atoms with E-state index in [0.717, 1.165) is 48.1 Å². The first-order chi connectivity index (χ1) is 20.2. The van der Waals surface area contributed by atoms with Crippen LogP contribution in [0.15, 0.2) is 29.2 Å². The highest BCUT2D eigenvalue weighted by Crippen LogP contribution is 2.41. The molecule has 42 heavy (non-hydrogen) atoms. The fourth-order valence-corrected chi connectivity index (χ4v) is 7.18. The van der Waals surface area contributed by atoms with Crippen LogP contribution in [-0.4, -0.2) is 47.9 Å². The van der Waals surface area contributed by atoms with E-state index in [1.165, 1.54) is 92.4 Å². The summed E-state index contributed by atoms with van der Waals surface area (Å²) in [7, 11) is 0. The van der Waals surface area contributed by atoms with Crippen LogP contribution in [0.5, 0.6) is 11.5 Å². The normalized spacial score (nSPS) is 21.8. The number of unbranched alkanes of at least 4 members (excludes halogenated alkanes) is 3. The fraction of sp³-hybridized carbons (Fsp3) is 0.543. The average molecular weight is 591 g/mol. The lowest BCUT2D eigenvalue weighted by molar-refractivity contribution is -0.115. The summed E-state index contributed by atoms with van der Waals surface area (Å²) in [6.45, 7) is 13.3. The van der Waals surface area contributed by atoms with Gasteiger partial charge in [0.25, 0.3) is 11.1 Å². The summed E-state index contributed by atoms with van der Waals surface area (Å²) in [4.78, 5) is 26.3. The van der Waals surface area contributed by atoms with E-state index in [9.17, 15) is 9.59 Å². The molecule has 5 rings (SSSR count). The van der Waals surface area contributed by atoms with Crippen LogP contribution in [0.2, 0.25) is 0 Å². The van der Waals surface area contributed by atoms with Gasteiger partial charge < -0.3 is 14.4 Å². The van der Waals surface area contributed by atoms with Gasteiger partial charge in [0.2, 0.25) is 0 Å². The predicted octanol–water partition coefficient (Wildman–Crippen LogP) is 7.69. The SMILES string of the molecule is Cc1c(C)c2c(c(C)c1CCCCCCN1CCCCC1)CCC(C)(COc1ccc(C=C3SC(=O)NC3=O)cc1)O2. The Morgan fingerprint density at radius 3 is 2.43 bits per heavy atom. The van der Waals surface area contributed by atoms with Gasteiger partial charge in [-0.25, -0.2) is 0 Å². The molecule has 0 aromatic heterocycles. The largest absolute Gasteiger partial charge is 0.489 e. The number of imide groups is 1. The third-order valence-corrected chi connectivity index (χ3v) is 10.1. The number of piperidine rings is 1. The van der Waals surface area contributed by atoms with E-state index in [1.54, 1.807) is 6.08 Å². The number of likely N-dealkylation sites (tertiary alicyclic amines) is 1. The molecule has 0 radical (unpaired) electrons. The molecule has 2 aromatic rings. The van der Waals surface area contributed by atoms with E-state index >= 15 is 0 Å². The van der Waals surface area contributed by atoms with Gasteiger partial charge in [-0.2, -0.15) is 0 Å². The summed E-state index contributed by atoms with van der Waals surface area (Å²) in [6.07, 6.45) is 14.2. The van der Waals surface area contributed by atoms with Crippen LogP contribution in [0, 0.1) is 20.8 Å². The minimum atomic E-state index is -0.411. The lowest BCUT2D eigenvalue weighted by atomic mass is 9.84. The first-order valence-corrected chi connectivity index (χ1v) is 16.5. The highest BCUT2D eigenvalue weighted by Gasteiger charge is 2.35. The van der Waals surface area contributed by atoms with Gasteiger partial charge in [0, 0.05) is 0 Å². The van der Waals surface area contributed by atoms with Crippen molar-refractivity contribution in [3.8, 4) is 11.5 Å². The number of ether oxygens (including phenoxy) is 2. The Labute approximate surface area is 255 Å². The van der Waals surface area contributed by atoms with Crippen molar-refractivity contribution in [1.82, 2.24) is 10.2 Å². The van der Waals surface area contributed by atoms with Crippen molar-refractivity contribution in [3.05, 3.63) is 62.6 Å². The smallest absolute Gasteiger partial charge is 0.290 e. The van der Waals surface area contributed by atoms with Crippen LogP contribution >= 0.6 is 11.8 Å². The summed E-state index contributed by atoms with van der Waals surface area (Å²) in [6, 6.07) is 7.58. The van der Waals surface area contributed by atoms with Gasteiger partial charge >= 0.3 is 0 Å². The van der Waals surface area contributed by atoms with Crippen molar-refractivity contribution in [3.63, 3.8) is 0 Å². The van der Waals surface area contributed by atoms with Crippen molar-refractivity contribution in [2.24, 2.45) is 0 Å². The molecule has 1 N–H and O–H groups in total. The minimum absolute atomic E-state index is 0.334. The average Bonchev–Trinajstić information content (AvgIpc) is 3.31. The van der Waals surface area contributed by atoms with Crippen LogP contribution in [-0.2, 0) is 17.6 Å². The molecule has 3 aliphatic rings. The van der Waals surface area contributed by atoms with Gasteiger partial charge in [-0.1, -0.05) is 31.4 Å². The monoisotopic (exact) mass is 590 g/mol. The highest BCUT2D eigenvalue weighted by molar-refractivity contribution is 8.18. The fourth-order valence-electron chi connectivity index (χ4n) is 6.50. The molecule has 3 heterocycles. The van der Waals surface area contributed by atoms with Crippen molar-refractivity contribution < 1.29 is 19.1 Å². The number of fused-ring (bicyclic) bond motifs is 1. The summed E-state index contributed by atoms with van der Waals surface area (Å²) in [5.41, 5.74) is 7.41. The maximum Gasteiger partial charge on any atom is 0.290 e. The number of thioether (sulfide) groups is 1. The third kappa shape index (κ3) is 7.41. The summed E-state index contributed by atoms with van der Waals surface area (Å²) in [5.74, 6) is 1.46. The summed E-state index contributed by atoms with van der Waals surface area (Å²) < 4.78 is 12.9. The molecule has 6 nitrogen and oxygen atoms in total. The van der Waals surface area contributed by atoms with Crippen molar-refractivity contribution in [2.45, 2.75) is 97.5 Å². The Morgan fingerprint density at radius 1 is 0.976 bits per heavy atom. The Bertz CT molecular complexity index is 1330. The van der Waals surface area contributed by atoms with Crippen LogP contribution in [0.1, 0.15) is 91.7 Å². The van der Waals surface area contributed by atoms with Gasteiger partial charge in [0.15, 0.2) is 0 Å². The molecule has 2 aromatic carbocycles. The minimum Gasteiger partial charge on any atom is -0.489 e. The number of carbonyl (C=O) groups excluding carboxylic acids is 2. The Hall–Kier alpha value is -2.77. The van der Waals surface area contributed by atoms with Crippen LogP contribution in [0.4, 0.5) is 4.79 Å². The van der Waals surface area contributed by atoms with Gasteiger partial charge in [0.05, 0.1) is 4.91 Å². The lowest BCUT2D eigenvalue weighted by Gasteiger charge is -2.38. The lowest BCUT2D eigenvalue weighted by Crippen LogP contribution is -2.42. The van der Waals surface area contributed by atoms with Crippen LogP contribution in [0.3, 0.4) is 0 Å². The molecule has 2 amide bonds. The molecular weight excluding hydrogens is 544 g/mol. The van der Waals surface area contributed by atoms with Gasteiger partial charge in [-0.15, -0.1) is 0 Å². The topological polar surface area (TPSA) is 67.9 Å². The molecule has 0 spiro atoms. The Balaban J connectivity index is 1.14. The predicted molar refractivity (Wildman–Crippen MR) is 172 cm³/mol. The van der Waals surface area contributed by atoms with E-state index in [4.69, 9.17) is 9.47 Å². The number of rotatable bonds is 11. The van der Waals surface area contributed by atoms with E-state index in [2.05, 4.69) is 37.9 Å². The molecule has 226 valence electrons. The standard InChI is InChI=1S/C35H46N2O4S/c1-24-25(2)32-30(26(3)29(24)12-8-5-6-9-19-37-20-10-7-11-21-37)17-18-35(4,41-32)23-40-28-15-13-27(14-16-28)22-31-33(38)36-34(39)42-31/h13-16,22H,5-12,17-21,23H2,1-4H3,(H,36,38,39). The molecule has 0 saturated carbocycles. The second kappa shape index (κ2) is 13.7. The first kappa shape index (κ1) is 30.7. The highest BCUT2D eigenvalue weighted by atomic mass is 32.2. The number of carbonyl (C=O) groups is 2. The van der Waals surface area contributed by atoms with Crippen LogP contribution < -0.4 is 14.8 Å². The van der Waals surface area contributed by atoms with Crippen molar-refractivity contribution in [1.29, 1.82) is 0 Å². The summed E-state index contributed by atoms with van der Waals surface area (Å²) >= 11 is 0.922. The second-order valence-corrected chi connectivity index (χ2v) is 13.5. The molecule has 7 heteroatoms. The molecular formula is C35H46N2O4S. The number of nitrogens with one attached hydrogen (secondary N) is 1. The van der Waals surface area contributed by atoms with E-state index < -0.39 is 5.60 Å². The molecule has 0 bridgehead atoms. The molecule has 3 aliphatic heterocycles. The molecule has 1 unspecified atom stereocenters. The molecule has 0 aliphatic carbocycles. The second-order valence-electron chi connectivity index (χ2n) is 12.5. The number of benzene rings is 2. The van der Waals surface area contributed by atoms with Crippen molar-refractivity contribution in [2.75, 3.05) is 26.2 Å². The molecule has 1 atom stereocenters. The van der Waals surface area contributed by atoms with E-state index in [0.29, 0.717) is 11.5 Å². The maximum absolute atomic E-state index is 11.8. The van der Waals surface area contributed by atoms with Gasteiger partial charge in [-0.05, 0) is 156 Å². The van der Waals surface area contributed by atoms with E-state index in [1.807, 2.05) is 24.3 Å². The Kier molecular flexibility index (Phi) is 10.00. The van der Waals surface area contributed by atoms with E-state index in [-0.39, 0.29) is 11.1 Å². The molecule has 2 saturated heterocycles. The van der Waals surface area contributed by atoms with Crippen molar-refractivity contribution >= 4 is 29.0 Å². The number of hydrogen-bond acceptors (Lipinski definition) is 6. The zero-order valence-electron chi connectivity index (χ0n) is 25.8. The van der Waals surface area contributed by atoms with Crippen LogP contribution in [0.25, 0.3) is 6.08 Å². The Morgan fingerprint density at radius 2 is 1.71 bits per heavy atom. The number of nitrogens with zero attached hydrogens (tertiary/aromatic N) is 1. The number of hydrogen-bond donors (Lipinski definition) is 1. The maximum atomic E-state index is 11.8. The van der Waals surface area contributed by atoms with Gasteiger partial charge in [-0.3, -0.25) is 14.9 Å². The zero-order chi connectivity index (χ0) is 29.7. The zero-order valence-corrected chi connectivity index (χ0v) is 26.6. The quantitative estimate of drug-likeness (QED) is 0.214. The van der Waals surface area contributed by atoms with Gasteiger partial charge in [0.1, 0.15) is 23.7 Å². The first-order valence-electron chi connectivity index (χ1n) is 15.7. The number of amides is 2. The molecule has 2 fully saturated rings. The summed E-state index contributed by atoms with van der Waals surface area (Å²) in [5, 5.41) is 1.95.